The molecule has 5 heteroatoms. The fraction of sp³-hybridized carbons (Fsp3) is 0.353. The SMILES string of the molecule is Cc1ccc(S(=O)(=O)C[C@@H](C)NCc2cccnc2C)cc1. The summed E-state index contributed by atoms with van der Waals surface area (Å²) in [6.45, 7) is 6.39. The highest BCUT2D eigenvalue weighted by atomic mass is 32.2. The molecule has 118 valence electrons. The highest BCUT2D eigenvalue weighted by molar-refractivity contribution is 7.91. The van der Waals surface area contributed by atoms with E-state index in [1.54, 1.807) is 18.3 Å². The molecule has 4 nitrogen and oxygen atoms in total. The predicted molar refractivity (Wildman–Crippen MR) is 88.5 cm³/mol. The number of aromatic nitrogens is 1. The average Bonchev–Trinajstić information content (AvgIpc) is 2.46. The Balaban J connectivity index is 1.98. The van der Waals surface area contributed by atoms with Crippen LogP contribution in [0, 0.1) is 13.8 Å². The fourth-order valence-corrected chi connectivity index (χ4v) is 3.74. The molecule has 0 saturated heterocycles. The molecule has 0 saturated carbocycles. The monoisotopic (exact) mass is 318 g/mol. The van der Waals surface area contributed by atoms with Gasteiger partial charge < -0.3 is 5.32 Å². The second kappa shape index (κ2) is 7.03. The highest BCUT2D eigenvalue weighted by Crippen LogP contribution is 2.13. The summed E-state index contributed by atoms with van der Waals surface area (Å²) in [4.78, 5) is 4.61. The molecule has 0 spiro atoms. The van der Waals surface area contributed by atoms with Crippen LogP contribution in [-0.4, -0.2) is 25.2 Å². The minimum absolute atomic E-state index is 0.0787. The van der Waals surface area contributed by atoms with Crippen LogP contribution in [-0.2, 0) is 16.4 Å². The Labute approximate surface area is 132 Å². The summed E-state index contributed by atoms with van der Waals surface area (Å²) in [5.74, 6) is 0.0787. The Morgan fingerprint density at radius 2 is 1.82 bits per heavy atom. The molecule has 1 aromatic carbocycles. The number of hydrogen-bond acceptors (Lipinski definition) is 4. The van der Waals surface area contributed by atoms with E-state index in [2.05, 4.69) is 10.3 Å². The lowest BCUT2D eigenvalue weighted by atomic mass is 10.2. The van der Waals surface area contributed by atoms with Crippen molar-refractivity contribution in [3.05, 3.63) is 59.4 Å². The van der Waals surface area contributed by atoms with Crippen LogP contribution in [0.3, 0.4) is 0 Å². The molecule has 1 atom stereocenters. The first-order chi connectivity index (χ1) is 10.4. The molecule has 0 unspecified atom stereocenters. The Hall–Kier alpha value is -1.72. The largest absolute Gasteiger partial charge is 0.309 e. The number of pyridine rings is 1. The zero-order valence-corrected chi connectivity index (χ0v) is 14.0. The van der Waals surface area contributed by atoms with E-state index < -0.39 is 9.84 Å². The molecule has 1 N–H and O–H groups in total. The van der Waals surface area contributed by atoms with Crippen molar-refractivity contribution in [3.63, 3.8) is 0 Å². The Kier molecular flexibility index (Phi) is 5.32. The second-order valence-corrected chi connectivity index (χ2v) is 7.66. The van der Waals surface area contributed by atoms with Crippen LogP contribution >= 0.6 is 0 Å². The zero-order valence-electron chi connectivity index (χ0n) is 13.2. The van der Waals surface area contributed by atoms with Crippen molar-refractivity contribution in [3.8, 4) is 0 Å². The van der Waals surface area contributed by atoms with Crippen molar-refractivity contribution in [1.82, 2.24) is 10.3 Å². The summed E-state index contributed by atoms with van der Waals surface area (Å²) in [5.41, 5.74) is 3.10. The van der Waals surface area contributed by atoms with Crippen molar-refractivity contribution in [2.24, 2.45) is 0 Å². The molecular weight excluding hydrogens is 296 g/mol. The molecular formula is C17H22N2O2S. The molecule has 22 heavy (non-hydrogen) atoms. The van der Waals surface area contributed by atoms with Crippen LogP contribution in [0.5, 0.6) is 0 Å². The van der Waals surface area contributed by atoms with Gasteiger partial charge in [-0.1, -0.05) is 23.8 Å². The molecule has 0 fully saturated rings. The summed E-state index contributed by atoms with van der Waals surface area (Å²) < 4.78 is 24.8. The summed E-state index contributed by atoms with van der Waals surface area (Å²) >= 11 is 0. The molecule has 2 aromatic rings. The van der Waals surface area contributed by atoms with E-state index in [0.29, 0.717) is 11.4 Å². The maximum Gasteiger partial charge on any atom is 0.179 e. The van der Waals surface area contributed by atoms with E-state index in [4.69, 9.17) is 0 Å². The van der Waals surface area contributed by atoms with Gasteiger partial charge in [0.1, 0.15) is 0 Å². The lowest BCUT2D eigenvalue weighted by Gasteiger charge is -2.15. The Morgan fingerprint density at radius 1 is 1.14 bits per heavy atom. The van der Waals surface area contributed by atoms with E-state index in [1.165, 1.54) is 0 Å². The van der Waals surface area contributed by atoms with Crippen molar-refractivity contribution in [2.75, 3.05) is 5.75 Å². The average molecular weight is 318 g/mol. The lowest BCUT2D eigenvalue weighted by molar-refractivity contribution is 0.555. The number of nitrogens with one attached hydrogen (secondary N) is 1. The summed E-state index contributed by atoms with van der Waals surface area (Å²) in [5, 5.41) is 3.26. The van der Waals surface area contributed by atoms with Gasteiger partial charge in [0.05, 0.1) is 10.6 Å². The number of hydrogen-bond donors (Lipinski definition) is 1. The number of aryl methyl sites for hydroxylation is 2. The smallest absolute Gasteiger partial charge is 0.179 e. The first-order valence-electron chi connectivity index (χ1n) is 7.32. The predicted octanol–water partition coefficient (Wildman–Crippen LogP) is 2.65. The van der Waals surface area contributed by atoms with Crippen LogP contribution in [0.25, 0.3) is 0 Å². The van der Waals surface area contributed by atoms with Crippen LogP contribution in [0.2, 0.25) is 0 Å². The first kappa shape index (κ1) is 16.6. The molecule has 0 radical (unpaired) electrons. The summed E-state index contributed by atoms with van der Waals surface area (Å²) in [7, 11) is -3.27. The van der Waals surface area contributed by atoms with E-state index >= 15 is 0 Å². The fourth-order valence-electron chi connectivity index (χ4n) is 2.22. The normalized spacial score (nSPS) is 13.0. The van der Waals surface area contributed by atoms with Gasteiger partial charge in [-0.05, 0) is 44.5 Å². The lowest BCUT2D eigenvalue weighted by Crippen LogP contribution is -2.32. The molecule has 0 bridgehead atoms. The van der Waals surface area contributed by atoms with Gasteiger partial charge in [-0.2, -0.15) is 0 Å². The molecule has 1 heterocycles. The summed E-state index contributed by atoms with van der Waals surface area (Å²) in [6, 6.07) is 10.7. The second-order valence-electron chi connectivity index (χ2n) is 5.62. The van der Waals surface area contributed by atoms with Crippen LogP contribution in [0.15, 0.2) is 47.5 Å². The van der Waals surface area contributed by atoms with Gasteiger partial charge >= 0.3 is 0 Å². The minimum atomic E-state index is -3.27. The molecule has 0 aliphatic carbocycles. The van der Waals surface area contributed by atoms with Gasteiger partial charge in [0.2, 0.25) is 0 Å². The van der Waals surface area contributed by atoms with E-state index in [9.17, 15) is 8.42 Å². The standard InChI is InChI=1S/C17H22N2O2S/c1-13-6-8-17(9-7-13)22(20,21)12-14(2)19-11-16-5-4-10-18-15(16)3/h4-10,14,19H,11-12H2,1-3H3/t14-/m1/s1. The molecule has 0 aliphatic rings. The highest BCUT2D eigenvalue weighted by Gasteiger charge is 2.18. The van der Waals surface area contributed by atoms with Gasteiger partial charge in [0.25, 0.3) is 0 Å². The van der Waals surface area contributed by atoms with Gasteiger partial charge in [-0.3, -0.25) is 4.98 Å². The Morgan fingerprint density at radius 3 is 2.45 bits per heavy atom. The van der Waals surface area contributed by atoms with Crippen molar-refractivity contribution in [1.29, 1.82) is 0 Å². The zero-order chi connectivity index (χ0) is 16.2. The van der Waals surface area contributed by atoms with Crippen LogP contribution in [0.4, 0.5) is 0 Å². The topological polar surface area (TPSA) is 59.1 Å². The van der Waals surface area contributed by atoms with Crippen molar-refractivity contribution >= 4 is 9.84 Å². The van der Waals surface area contributed by atoms with Crippen LogP contribution < -0.4 is 5.32 Å². The van der Waals surface area contributed by atoms with Gasteiger partial charge in [0, 0.05) is 24.5 Å². The molecule has 0 amide bonds. The molecule has 0 aliphatic heterocycles. The molecule has 1 aromatic heterocycles. The minimum Gasteiger partial charge on any atom is -0.309 e. The van der Waals surface area contributed by atoms with Gasteiger partial charge in [-0.25, -0.2) is 8.42 Å². The number of nitrogens with zero attached hydrogens (tertiary/aromatic N) is 1. The third kappa shape index (κ3) is 4.39. The van der Waals surface area contributed by atoms with Crippen LogP contribution in [0.1, 0.15) is 23.7 Å². The van der Waals surface area contributed by atoms with Gasteiger partial charge in [-0.15, -0.1) is 0 Å². The van der Waals surface area contributed by atoms with E-state index in [1.807, 2.05) is 45.0 Å². The van der Waals surface area contributed by atoms with Gasteiger partial charge in [0.15, 0.2) is 9.84 Å². The number of sulfone groups is 1. The maximum atomic E-state index is 12.4. The summed E-state index contributed by atoms with van der Waals surface area (Å²) in [6.07, 6.45) is 1.75. The van der Waals surface area contributed by atoms with E-state index in [0.717, 1.165) is 16.8 Å². The van der Waals surface area contributed by atoms with Crippen molar-refractivity contribution < 1.29 is 8.42 Å². The first-order valence-corrected chi connectivity index (χ1v) is 8.97. The number of benzene rings is 1. The third-order valence-corrected chi connectivity index (χ3v) is 5.54. The number of rotatable bonds is 6. The maximum absolute atomic E-state index is 12.4. The quantitative estimate of drug-likeness (QED) is 0.889. The van der Waals surface area contributed by atoms with E-state index in [-0.39, 0.29) is 11.8 Å². The van der Waals surface area contributed by atoms with Crippen molar-refractivity contribution in [2.45, 2.75) is 38.3 Å². The molecule has 2 rings (SSSR count). The Bertz CT molecular complexity index is 725. The third-order valence-electron chi connectivity index (χ3n) is 3.61.